The number of aromatic carboxylic acids is 1. The van der Waals surface area contributed by atoms with Gasteiger partial charge in [0.15, 0.2) is 0 Å². The Bertz CT molecular complexity index is 781. The Morgan fingerprint density at radius 3 is 2.40 bits per heavy atom. The molecule has 25 heavy (non-hydrogen) atoms. The van der Waals surface area contributed by atoms with Gasteiger partial charge in [-0.1, -0.05) is 31.9 Å². The second-order valence-corrected chi connectivity index (χ2v) is 6.48. The average molecular weight is 343 g/mol. The zero-order valence-corrected chi connectivity index (χ0v) is 14.3. The van der Waals surface area contributed by atoms with E-state index < -0.39 is 5.97 Å². The summed E-state index contributed by atoms with van der Waals surface area (Å²) in [5.41, 5.74) is 3.07. The molecule has 1 aromatic carbocycles. The molecule has 132 valence electrons. The van der Waals surface area contributed by atoms with Crippen molar-refractivity contribution in [3.8, 4) is 11.1 Å². The predicted molar refractivity (Wildman–Crippen MR) is 93.1 cm³/mol. The van der Waals surface area contributed by atoms with Gasteiger partial charge in [-0.15, -0.1) is 0 Å². The molecule has 0 unspecified atom stereocenters. The Kier molecular flexibility index (Phi) is 5.13. The molecule has 1 aliphatic rings. The van der Waals surface area contributed by atoms with Crippen LogP contribution in [0, 0.1) is 5.82 Å². The average Bonchev–Trinajstić information content (AvgIpc) is 3.14. The van der Waals surface area contributed by atoms with Gasteiger partial charge in [-0.2, -0.15) is 0 Å². The summed E-state index contributed by atoms with van der Waals surface area (Å²) >= 11 is 0. The number of benzene rings is 1. The van der Waals surface area contributed by atoms with Crippen LogP contribution in [0.2, 0.25) is 0 Å². The fraction of sp³-hybridized carbons (Fsp3) is 0.400. The van der Waals surface area contributed by atoms with E-state index in [1.807, 2.05) is 6.92 Å². The lowest BCUT2D eigenvalue weighted by molar-refractivity contribution is 0.0695. The SMILES string of the molecule is CCc1nc(C2CCCC2)c(C(=O)O)c(-c2ccc(F)cc2)c1CO. The van der Waals surface area contributed by atoms with Gasteiger partial charge in [0.25, 0.3) is 0 Å². The van der Waals surface area contributed by atoms with Crippen LogP contribution in [0.5, 0.6) is 0 Å². The summed E-state index contributed by atoms with van der Waals surface area (Å²) in [7, 11) is 0. The number of pyridine rings is 1. The van der Waals surface area contributed by atoms with E-state index >= 15 is 0 Å². The van der Waals surface area contributed by atoms with Crippen LogP contribution in [0.25, 0.3) is 11.1 Å². The number of carboxylic acids is 1. The number of aromatic nitrogens is 1. The molecule has 1 aromatic heterocycles. The Hall–Kier alpha value is -2.27. The highest BCUT2D eigenvalue weighted by molar-refractivity contribution is 5.98. The maximum atomic E-state index is 13.3. The lowest BCUT2D eigenvalue weighted by Crippen LogP contribution is -2.15. The van der Waals surface area contributed by atoms with Crippen molar-refractivity contribution in [2.75, 3.05) is 0 Å². The number of halogens is 1. The van der Waals surface area contributed by atoms with Gasteiger partial charge in [-0.25, -0.2) is 9.18 Å². The summed E-state index contributed by atoms with van der Waals surface area (Å²) in [6, 6.07) is 5.75. The Labute approximate surface area is 146 Å². The maximum absolute atomic E-state index is 13.3. The molecular formula is C20H22FNO3. The van der Waals surface area contributed by atoms with Gasteiger partial charge >= 0.3 is 5.97 Å². The minimum atomic E-state index is -1.05. The summed E-state index contributed by atoms with van der Waals surface area (Å²) in [5, 5.41) is 19.8. The molecule has 0 amide bonds. The van der Waals surface area contributed by atoms with Crippen LogP contribution in [0.4, 0.5) is 4.39 Å². The second-order valence-electron chi connectivity index (χ2n) is 6.48. The quantitative estimate of drug-likeness (QED) is 0.849. The lowest BCUT2D eigenvalue weighted by atomic mass is 9.87. The van der Waals surface area contributed by atoms with Crippen molar-refractivity contribution in [3.05, 3.63) is 52.6 Å². The first-order valence-electron chi connectivity index (χ1n) is 8.72. The zero-order chi connectivity index (χ0) is 18.0. The van der Waals surface area contributed by atoms with Crippen molar-refractivity contribution in [3.63, 3.8) is 0 Å². The monoisotopic (exact) mass is 343 g/mol. The molecule has 2 aromatic rings. The fourth-order valence-corrected chi connectivity index (χ4v) is 3.80. The molecule has 1 aliphatic carbocycles. The summed E-state index contributed by atoms with van der Waals surface area (Å²) in [6.45, 7) is 1.64. The van der Waals surface area contributed by atoms with Crippen molar-refractivity contribution in [1.29, 1.82) is 0 Å². The van der Waals surface area contributed by atoms with Crippen LogP contribution in [-0.4, -0.2) is 21.2 Å². The van der Waals surface area contributed by atoms with Crippen LogP contribution in [0.15, 0.2) is 24.3 Å². The highest BCUT2D eigenvalue weighted by Crippen LogP contribution is 2.40. The topological polar surface area (TPSA) is 70.4 Å². The molecule has 0 atom stereocenters. The second kappa shape index (κ2) is 7.31. The molecule has 3 rings (SSSR count). The van der Waals surface area contributed by atoms with E-state index in [4.69, 9.17) is 0 Å². The van der Waals surface area contributed by atoms with Gasteiger partial charge in [0, 0.05) is 22.7 Å². The minimum absolute atomic E-state index is 0.128. The normalized spacial score (nSPS) is 14.8. The number of hydrogen-bond donors (Lipinski definition) is 2. The summed E-state index contributed by atoms with van der Waals surface area (Å²) in [6.07, 6.45) is 4.60. The summed E-state index contributed by atoms with van der Waals surface area (Å²) in [5.74, 6) is -1.30. The van der Waals surface area contributed by atoms with Gasteiger partial charge in [-0.3, -0.25) is 4.98 Å². The number of carboxylic acid groups (broad SMARTS) is 1. The molecule has 4 nitrogen and oxygen atoms in total. The molecule has 0 radical (unpaired) electrons. The molecule has 0 spiro atoms. The first-order valence-corrected chi connectivity index (χ1v) is 8.72. The van der Waals surface area contributed by atoms with Gasteiger partial charge in [0.1, 0.15) is 5.82 Å². The van der Waals surface area contributed by atoms with Crippen molar-refractivity contribution in [2.24, 2.45) is 0 Å². The Balaban J connectivity index is 2.33. The molecule has 1 saturated carbocycles. The molecule has 1 heterocycles. The molecule has 2 N–H and O–H groups in total. The number of rotatable bonds is 5. The number of carbonyl (C=O) groups is 1. The largest absolute Gasteiger partial charge is 0.478 e. The van der Waals surface area contributed by atoms with Gasteiger partial charge in [-0.05, 0) is 37.0 Å². The lowest BCUT2D eigenvalue weighted by Gasteiger charge is -2.21. The molecule has 0 saturated heterocycles. The predicted octanol–water partition coefficient (Wildman–Crippen LogP) is 4.30. The number of aliphatic hydroxyl groups excluding tert-OH is 1. The van der Waals surface area contributed by atoms with E-state index in [0.29, 0.717) is 34.5 Å². The van der Waals surface area contributed by atoms with Crippen molar-refractivity contribution < 1.29 is 19.4 Å². The first kappa shape index (κ1) is 17.5. The minimum Gasteiger partial charge on any atom is -0.478 e. The summed E-state index contributed by atoms with van der Waals surface area (Å²) < 4.78 is 13.3. The Morgan fingerprint density at radius 1 is 1.24 bits per heavy atom. The first-order chi connectivity index (χ1) is 12.1. The van der Waals surface area contributed by atoms with E-state index in [2.05, 4.69) is 4.98 Å². The molecule has 0 bridgehead atoms. The Morgan fingerprint density at radius 2 is 1.88 bits per heavy atom. The van der Waals surface area contributed by atoms with Crippen LogP contribution < -0.4 is 0 Å². The third-order valence-corrected chi connectivity index (χ3v) is 4.99. The number of aliphatic hydroxyl groups is 1. The van der Waals surface area contributed by atoms with Gasteiger partial charge < -0.3 is 10.2 Å². The van der Waals surface area contributed by atoms with Crippen molar-refractivity contribution >= 4 is 5.97 Å². The highest BCUT2D eigenvalue weighted by atomic mass is 19.1. The van der Waals surface area contributed by atoms with E-state index in [0.717, 1.165) is 25.7 Å². The van der Waals surface area contributed by atoms with E-state index in [1.54, 1.807) is 12.1 Å². The number of hydrogen-bond acceptors (Lipinski definition) is 3. The third-order valence-electron chi connectivity index (χ3n) is 4.99. The van der Waals surface area contributed by atoms with Crippen LogP contribution >= 0.6 is 0 Å². The van der Waals surface area contributed by atoms with E-state index in [9.17, 15) is 19.4 Å². The van der Waals surface area contributed by atoms with Crippen molar-refractivity contribution in [2.45, 2.75) is 51.6 Å². The molecular weight excluding hydrogens is 321 g/mol. The number of nitrogens with zero attached hydrogens (tertiary/aromatic N) is 1. The van der Waals surface area contributed by atoms with Crippen LogP contribution in [0.1, 0.15) is 65.8 Å². The van der Waals surface area contributed by atoms with E-state index in [-0.39, 0.29) is 23.9 Å². The highest BCUT2D eigenvalue weighted by Gasteiger charge is 2.30. The van der Waals surface area contributed by atoms with Gasteiger partial charge in [0.2, 0.25) is 0 Å². The van der Waals surface area contributed by atoms with E-state index in [1.165, 1.54) is 12.1 Å². The third kappa shape index (κ3) is 3.29. The van der Waals surface area contributed by atoms with Crippen LogP contribution in [-0.2, 0) is 13.0 Å². The zero-order valence-electron chi connectivity index (χ0n) is 14.3. The standard InChI is InChI=1S/C20H22FNO3/c1-2-16-15(11-23)17(12-7-9-14(21)10-8-12)18(20(24)25)19(22-16)13-5-3-4-6-13/h7-10,13,23H,2-6,11H2,1H3,(H,24,25). The fourth-order valence-electron chi connectivity index (χ4n) is 3.80. The smallest absolute Gasteiger partial charge is 0.338 e. The van der Waals surface area contributed by atoms with Crippen molar-refractivity contribution in [1.82, 2.24) is 4.98 Å². The van der Waals surface area contributed by atoms with Gasteiger partial charge in [0.05, 0.1) is 17.9 Å². The molecule has 0 aliphatic heterocycles. The molecule has 1 fully saturated rings. The van der Waals surface area contributed by atoms with Crippen LogP contribution in [0.3, 0.4) is 0 Å². The number of aryl methyl sites for hydroxylation is 1. The summed E-state index contributed by atoms with van der Waals surface area (Å²) in [4.78, 5) is 16.8. The maximum Gasteiger partial charge on any atom is 0.338 e. The molecule has 5 heteroatoms.